The third kappa shape index (κ3) is 2.41. The Balaban J connectivity index is 2.91. The Hall–Kier alpha value is -1.11. The SMILES string of the molecule is Cc1cc([C@H](N)CC#N)cnc1Cl. The van der Waals surface area contributed by atoms with E-state index in [1.165, 1.54) is 0 Å². The second kappa shape index (κ2) is 4.22. The summed E-state index contributed by atoms with van der Waals surface area (Å²) in [5.74, 6) is 0. The van der Waals surface area contributed by atoms with Crippen LogP contribution in [0.1, 0.15) is 23.6 Å². The highest BCUT2D eigenvalue weighted by atomic mass is 35.5. The van der Waals surface area contributed by atoms with Crippen molar-refractivity contribution < 1.29 is 0 Å². The first-order chi connectivity index (χ1) is 6.15. The highest BCUT2D eigenvalue weighted by Crippen LogP contribution is 2.18. The summed E-state index contributed by atoms with van der Waals surface area (Å²) < 4.78 is 0. The molecule has 0 aliphatic carbocycles. The molecule has 13 heavy (non-hydrogen) atoms. The summed E-state index contributed by atoms with van der Waals surface area (Å²) >= 11 is 5.75. The van der Waals surface area contributed by atoms with Gasteiger partial charge in [-0.3, -0.25) is 0 Å². The van der Waals surface area contributed by atoms with Crippen molar-refractivity contribution in [1.29, 1.82) is 5.26 Å². The fourth-order valence-corrected chi connectivity index (χ4v) is 1.10. The average molecular weight is 196 g/mol. The van der Waals surface area contributed by atoms with E-state index in [-0.39, 0.29) is 6.04 Å². The molecule has 0 bridgehead atoms. The molecule has 0 amide bonds. The number of aromatic nitrogens is 1. The van der Waals surface area contributed by atoms with Gasteiger partial charge < -0.3 is 5.73 Å². The smallest absolute Gasteiger partial charge is 0.131 e. The van der Waals surface area contributed by atoms with Gasteiger partial charge in [-0.25, -0.2) is 4.98 Å². The molecule has 0 unspecified atom stereocenters. The standard InChI is InChI=1S/C9H10ClN3/c1-6-4-7(5-13-9(6)10)8(12)2-3-11/h4-5,8H,2,12H2,1H3/t8-/m1/s1. The van der Waals surface area contributed by atoms with Crippen molar-refractivity contribution in [1.82, 2.24) is 4.98 Å². The van der Waals surface area contributed by atoms with Gasteiger partial charge in [-0.15, -0.1) is 0 Å². The van der Waals surface area contributed by atoms with E-state index in [1.807, 2.05) is 19.1 Å². The van der Waals surface area contributed by atoms with Crippen molar-refractivity contribution in [2.45, 2.75) is 19.4 Å². The van der Waals surface area contributed by atoms with Gasteiger partial charge in [0.2, 0.25) is 0 Å². The van der Waals surface area contributed by atoms with E-state index in [4.69, 9.17) is 22.6 Å². The number of rotatable bonds is 2. The molecule has 0 aliphatic heterocycles. The quantitative estimate of drug-likeness (QED) is 0.734. The maximum absolute atomic E-state index is 8.45. The van der Waals surface area contributed by atoms with Crippen LogP contribution in [0.3, 0.4) is 0 Å². The average Bonchev–Trinajstić information content (AvgIpc) is 2.10. The van der Waals surface area contributed by atoms with Crippen LogP contribution in [0.15, 0.2) is 12.3 Å². The van der Waals surface area contributed by atoms with Gasteiger partial charge in [-0.1, -0.05) is 11.6 Å². The number of hydrogen-bond acceptors (Lipinski definition) is 3. The normalized spacial score (nSPS) is 12.2. The Bertz CT molecular complexity index is 343. The Morgan fingerprint density at radius 3 is 3.00 bits per heavy atom. The zero-order valence-electron chi connectivity index (χ0n) is 7.29. The van der Waals surface area contributed by atoms with Crippen molar-refractivity contribution >= 4 is 11.6 Å². The molecular formula is C9H10ClN3. The summed E-state index contributed by atoms with van der Waals surface area (Å²) in [6.45, 7) is 1.86. The van der Waals surface area contributed by atoms with Gasteiger partial charge in [0.05, 0.1) is 12.5 Å². The number of nitrogens with zero attached hydrogens (tertiary/aromatic N) is 2. The van der Waals surface area contributed by atoms with Gasteiger partial charge >= 0.3 is 0 Å². The molecule has 0 radical (unpaired) electrons. The minimum Gasteiger partial charge on any atom is -0.323 e. The van der Waals surface area contributed by atoms with Crippen LogP contribution >= 0.6 is 11.6 Å². The maximum atomic E-state index is 8.45. The van der Waals surface area contributed by atoms with Crippen LogP contribution in [0.5, 0.6) is 0 Å². The summed E-state index contributed by atoms with van der Waals surface area (Å²) in [4.78, 5) is 3.96. The molecule has 1 aromatic heterocycles. The minimum atomic E-state index is -0.270. The predicted molar refractivity (Wildman–Crippen MR) is 51.1 cm³/mol. The molecule has 1 aromatic rings. The van der Waals surface area contributed by atoms with Gasteiger partial charge in [0.1, 0.15) is 5.15 Å². The van der Waals surface area contributed by atoms with Crippen molar-refractivity contribution in [3.8, 4) is 6.07 Å². The first-order valence-electron chi connectivity index (χ1n) is 3.89. The van der Waals surface area contributed by atoms with Gasteiger partial charge in [0, 0.05) is 12.2 Å². The lowest BCUT2D eigenvalue weighted by atomic mass is 10.1. The third-order valence-corrected chi connectivity index (χ3v) is 2.17. The number of nitrogens with two attached hydrogens (primary N) is 1. The number of halogens is 1. The molecule has 4 heteroatoms. The summed E-state index contributed by atoms with van der Waals surface area (Å²) in [7, 11) is 0. The van der Waals surface area contributed by atoms with E-state index in [2.05, 4.69) is 4.98 Å². The van der Waals surface area contributed by atoms with E-state index < -0.39 is 0 Å². The van der Waals surface area contributed by atoms with Gasteiger partial charge in [-0.2, -0.15) is 5.26 Å². The molecule has 0 aromatic carbocycles. The van der Waals surface area contributed by atoms with Crippen molar-refractivity contribution in [2.24, 2.45) is 5.73 Å². The lowest BCUT2D eigenvalue weighted by Crippen LogP contribution is -2.09. The second-order valence-electron chi connectivity index (χ2n) is 2.85. The molecule has 68 valence electrons. The van der Waals surface area contributed by atoms with E-state index in [0.717, 1.165) is 11.1 Å². The summed E-state index contributed by atoms with van der Waals surface area (Å²) in [5.41, 5.74) is 7.45. The van der Waals surface area contributed by atoms with E-state index in [0.29, 0.717) is 11.6 Å². The van der Waals surface area contributed by atoms with Crippen molar-refractivity contribution in [3.05, 3.63) is 28.5 Å². The van der Waals surface area contributed by atoms with Crippen LogP contribution < -0.4 is 5.73 Å². The molecule has 0 aliphatic rings. The van der Waals surface area contributed by atoms with Crippen LogP contribution in [0, 0.1) is 18.3 Å². The van der Waals surface area contributed by atoms with Crippen LogP contribution in [0.4, 0.5) is 0 Å². The molecule has 0 saturated carbocycles. The van der Waals surface area contributed by atoms with Gasteiger partial charge in [0.25, 0.3) is 0 Å². The first-order valence-corrected chi connectivity index (χ1v) is 4.27. The minimum absolute atomic E-state index is 0.270. The lowest BCUT2D eigenvalue weighted by Gasteiger charge is -2.08. The number of pyridine rings is 1. The lowest BCUT2D eigenvalue weighted by molar-refractivity contribution is 0.743. The highest BCUT2D eigenvalue weighted by molar-refractivity contribution is 6.30. The molecule has 0 spiro atoms. The zero-order valence-corrected chi connectivity index (χ0v) is 8.04. The predicted octanol–water partition coefficient (Wildman–Crippen LogP) is 1.96. The summed E-state index contributed by atoms with van der Waals surface area (Å²) in [6, 6.07) is 3.60. The van der Waals surface area contributed by atoms with Crippen molar-refractivity contribution in [3.63, 3.8) is 0 Å². The molecule has 1 atom stereocenters. The van der Waals surface area contributed by atoms with Crippen LogP contribution in [0.2, 0.25) is 5.15 Å². The molecular weight excluding hydrogens is 186 g/mol. The number of nitriles is 1. The van der Waals surface area contributed by atoms with Gasteiger partial charge in [-0.05, 0) is 24.1 Å². The fraction of sp³-hybridized carbons (Fsp3) is 0.333. The maximum Gasteiger partial charge on any atom is 0.131 e. The zero-order chi connectivity index (χ0) is 9.84. The molecule has 1 heterocycles. The first kappa shape index (κ1) is 9.97. The monoisotopic (exact) mass is 195 g/mol. The Morgan fingerprint density at radius 2 is 2.46 bits per heavy atom. The number of hydrogen-bond donors (Lipinski definition) is 1. The Kier molecular flexibility index (Phi) is 3.24. The van der Waals surface area contributed by atoms with E-state index in [1.54, 1.807) is 6.20 Å². The highest BCUT2D eigenvalue weighted by Gasteiger charge is 2.07. The molecule has 2 N–H and O–H groups in total. The molecule has 0 fully saturated rings. The fourth-order valence-electron chi connectivity index (χ4n) is 0.999. The van der Waals surface area contributed by atoms with Crippen molar-refractivity contribution in [2.75, 3.05) is 0 Å². The summed E-state index contributed by atoms with van der Waals surface area (Å²) in [5, 5.41) is 8.92. The van der Waals surface area contributed by atoms with Crippen LogP contribution in [-0.2, 0) is 0 Å². The topological polar surface area (TPSA) is 62.7 Å². The van der Waals surface area contributed by atoms with Crippen LogP contribution in [0.25, 0.3) is 0 Å². The van der Waals surface area contributed by atoms with E-state index in [9.17, 15) is 0 Å². The third-order valence-electron chi connectivity index (χ3n) is 1.77. The molecule has 0 saturated heterocycles. The Labute approximate surface area is 82.1 Å². The van der Waals surface area contributed by atoms with Crippen LogP contribution in [-0.4, -0.2) is 4.98 Å². The Morgan fingerprint density at radius 1 is 1.77 bits per heavy atom. The molecule has 1 rings (SSSR count). The summed E-state index contributed by atoms with van der Waals surface area (Å²) in [6.07, 6.45) is 1.90. The molecule has 3 nitrogen and oxygen atoms in total. The largest absolute Gasteiger partial charge is 0.323 e. The second-order valence-corrected chi connectivity index (χ2v) is 3.20. The number of aryl methyl sites for hydroxylation is 1. The van der Waals surface area contributed by atoms with E-state index >= 15 is 0 Å². The van der Waals surface area contributed by atoms with Gasteiger partial charge in [0.15, 0.2) is 0 Å².